The maximum absolute atomic E-state index is 12.7. The van der Waals surface area contributed by atoms with E-state index in [0.29, 0.717) is 12.1 Å². The monoisotopic (exact) mass is 483 g/mol. The second-order valence-corrected chi connectivity index (χ2v) is 7.97. The van der Waals surface area contributed by atoms with Crippen molar-refractivity contribution in [2.24, 2.45) is 0 Å². The summed E-state index contributed by atoms with van der Waals surface area (Å²) in [5, 5.41) is 10.7. The second kappa shape index (κ2) is 9.39. The largest absolute Gasteiger partial charge is 0.501 e. The van der Waals surface area contributed by atoms with Gasteiger partial charge in [0.05, 0.1) is 21.4 Å². The van der Waals surface area contributed by atoms with E-state index in [0.717, 1.165) is 24.3 Å². The first-order valence-corrected chi connectivity index (χ1v) is 10.1. The Kier molecular flexibility index (Phi) is 7.33. The van der Waals surface area contributed by atoms with Gasteiger partial charge in [0.2, 0.25) is 5.75 Å². The molecule has 14 heteroatoms. The zero-order valence-corrected chi connectivity index (χ0v) is 17.1. The zero-order valence-electron chi connectivity index (χ0n) is 15.5. The Bertz CT molecular complexity index is 1110. The summed E-state index contributed by atoms with van der Waals surface area (Å²) in [7, 11) is -5.61. The van der Waals surface area contributed by atoms with E-state index in [1.165, 1.54) is 0 Å². The van der Waals surface area contributed by atoms with Gasteiger partial charge in [-0.2, -0.15) is 13.2 Å². The molecule has 0 heterocycles. The van der Waals surface area contributed by atoms with E-state index in [1.807, 2.05) is 0 Å². The molecule has 0 saturated heterocycles. The molecule has 0 bridgehead atoms. The van der Waals surface area contributed by atoms with E-state index in [4.69, 9.17) is 21.1 Å². The van der Waals surface area contributed by atoms with Crippen LogP contribution in [-0.4, -0.2) is 38.0 Å². The van der Waals surface area contributed by atoms with Crippen molar-refractivity contribution in [3.63, 3.8) is 0 Å². The first-order chi connectivity index (χ1) is 14.4. The quantitative estimate of drug-likeness (QED) is 0.310. The van der Waals surface area contributed by atoms with Crippen LogP contribution in [0.2, 0.25) is 5.02 Å². The minimum Gasteiger partial charge on any atom is -0.475 e. The smallest absolute Gasteiger partial charge is 0.475 e. The minimum absolute atomic E-state index is 0.0754. The van der Waals surface area contributed by atoms with Crippen LogP contribution < -0.4 is 9.47 Å². The summed E-state index contributed by atoms with van der Waals surface area (Å²) in [6, 6.07) is 5.30. The first kappa shape index (κ1) is 24.2. The average molecular weight is 484 g/mol. The highest BCUT2D eigenvalue weighted by atomic mass is 35.5. The van der Waals surface area contributed by atoms with Gasteiger partial charge in [-0.25, -0.2) is 13.2 Å². The van der Waals surface area contributed by atoms with Crippen molar-refractivity contribution in [2.45, 2.75) is 17.3 Å². The zero-order chi connectivity index (χ0) is 23.4. The predicted molar refractivity (Wildman–Crippen MR) is 100.0 cm³/mol. The average Bonchev–Trinajstić information content (AvgIpc) is 2.67. The number of ether oxygens (including phenoxy) is 3. The molecule has 0 spiro atoms. The Morgan fingerprint density at radius 3 is 2.39 bits per heavy atom. The van der Waals surface area contributed by atoms with E-state index < -0.39 is 48.5 Å². The van der Waals surface area contributed by atoms with E-state index in [9.17, 15) is 36.5 Å². The molecule has 0 amide bonds. The van der Waals surface area contributed by atoms with Crippen LogP contribution in [0.4, 0.5) is 18.9 Å². The third-order valence-corrected chi connectivity index (χ3v) is 5.30. The highest BCUT2D eigenvalue weighted by Crippen LogP contribution is 2.38. The summed E-state index contributed by atoms with van der Waals surface area (Å²) in [6.45, 7) is 1.01. The van der Waals surface area contributed by atoms with Gasteiger partial charge in [0.25, 0.3) is 9.84 Å². The Labute approximate surface area is 178 Å². The first-order valence-electron chi connectivity index (χ1n) is 8.22. The molecule has 2 aromatic carbocycles. The lowest BCUT2D eigenvalue weighted by Gasteiger charge is -2.12. The van der Waals surface area contributed by atoms with E-state index in [2.05, 4.69) is 4.74 Å². The fraction of sp³-hybridized carbons (Fsp3) is 0.235. The summed E-state index contributed by atoms with van der Waals surface area (Å²) in [5.74, 6) is -1.43. The second-order valence-electron chi connectivity index (χ2n) is 5.62. The third kappa shape index (κ3) is 5.76. The summed E-state index contributed by atoms with van der Waals surface area (Å²) in [5.41, 5.74) is -6.00. The number of carbonyl (C=O) groups excluding carboxylic acids is 1. The van der Waals surface area contributed by atoms with E-state index in [1.54, 1.807) is 6.92 Å². The molecule has 0 aliphatic heterocycles. The number of nitro benzene ring substituents is 1. The number of sulfone groups is 1. The van der Waals surface area contributed by atoms with Crippen molar-refractivity contribution >= 4 is 33.1 Å². The third-order valence-electron chi connectivity index (χ3n) is 3.52. The van der Waals surface area contributed by atoms with Crippen molar-refractivity contribution in [3.05, 3.63) is 51.5 Å². The Hall–Kier alpha value is -3.06. The number of nitrogens with zero attached hydrogens (tertiary/aromatic N) is 1. The molecule has 0 radical (unpaired) electrons. The molecule has 0 atom stereocenters. The number of nitro groups is 1. The molecule has 0 fully saturated rings. The van der Waals surface area contributed by atoms with Crippen molar-refractivity contribution < 1.29 is 45.5 Å². The van der Waals surface area contributed by atoms with Crippen LogP contribution in [0.15, 0.2) is 41.3 Å². The maximum atomic E-state index is 12.7. The number of alkyl halides is 3. The van der Waals surface area contributed by atoms with Gasteiger partial charge in [-0.05, 0) is 31.2 Å². The van der Waals surface area contributed by atoms with Crippen LogP contribution in [-0.2, 0) is 19.4 Å². The molecule has 2 rings (SSSR count). The summed E-state index contributed by atoms with van der Waals surface area (Å²) >= 11 is 5.84. The summed E-state index contributed by atoms with van der Waals surface area (Å²) < 4.78 is 76.0. The van der Waals surface area contributed by atoms with Crippen molar-refractivity contribution in [3.8, 4) is 17.2 Å². The normalized spacial score (nSPS) is 11.6. The standard InChI is InChI=1S/C17H13ClF3NO8S/c1-2-28-16(23)9-29-15-7-10(3-5-13(15)22(24)25)30-14-6-4-11(8-12(14)18)31(26,27)17(19,20)21/h3-8H,2,9H2,1H3. The molecule has 168 valence electrons. The fourth-order valence-corrected chi connectivity index (χ4v) is 3.23. The lowest BCUT2D eigenvalue weighted by atomic mass is 10.2. The summed E-state index contributed by atoms with van der Waals surface area (Å²) in [6.07, 6.45) is 0. The van der Waals surface area contributed by atoms with Crippen LogP contribution in [0.5, 0.6) is 17.2 Å². The molecule has 0 aliphatic rings. The Morgan fingerprint density at radius 2 is 1.84 bits per heavy atom. The SMILES string of the molecule is CCOC(=O)COc1cc(Oc2ccc(S(=O)(=O)C(F)(F)F)cc2Cl)ccc1[N+](=O)[O-]. The molecule has 0 N–H and O–H groups in total. The molecule has 9 nitrogen and oxygen atoms in total. The van der Waals surface area contributed by atoms with Gasteiger partial charge in [0.1, 0.15) is 11.5 Å². The topological polar surface area (TPSA) is 122 Å². The van der Waals surface area contributed by atoms with E-state index >= 15 is 0 Å². The Morgan fingerprint density at radius 1 is 1.16 bits per heavy atom. The maximum Gasteiger partial charge on any atom is 0.501 e. The minimum atomic E-state index is -5.61. The van der Waals surface area contributed by atoms with Gasteiger partial charge in [-0.15, -0.1) is 0 Å². The fourth-order valence-electron chi connectivity index (χ4n) is 2.16. The van der Waals surface area contributed by atoms with Gasteiger partial charge >= 0.3 is 17.2 Å². The van der Waals surface area contributed by atoms with Crippen LogP contribution in [0.3, 0.4) is 0 Å². The molecule has 0 aromatic heterocycles. The number of hydrogen-bond acceptors (Lipinski definition) is 8. The molecule has 31 heavy (non-hydrogen) atoms. The van der Waals surface area contributed by atoms with Crippen LogP contribution >= 0.6 is 11.6 Å². The van der Waals surface area contributed by atoms with Gasteiger partial charge in [-0.3, -0.25) is 10.1 Å². The van der Waals surface area contributed by atoms with Crippen molar-refractivity contribution in [1.29, 1.82) is 0 Å². The molecular weight excluding hydrogens is 471 g/mol. The van der Waals surface area contributed by atoms with Gasteiger partial charge < -0.3 is 14.2 Å². The van der Waals surface area contributed by atoms with Gasteiger partial charge in [-0.1, -0.05) is 11.6 Å². The number of carbonyl (C=O) groups is 1. The van der Waals surface area contributed by atoms with Crippen molar-refractivity contribution in [1.82, 2.24) is 0 Å². The van der Waals surface area contributed by atoms with E-state index in [-0.39, 0.29) is 23.9 Å². The molecule has 2 aromatic rings. The lowest BCUT2D eigenvalue weighted by molar-refractivity contribution is -0.385. The van der Waals surface area contributed by atoms with Gasteiger partial charge in [0.15, 0.2) is 6.61 Å². The highest BCUT2D eigenvalue weighted by Gasteiger charge is 2.47. The molecule has 0 unspecified atom stereocenters. The van der Waals surface area contributed by atoms with Crippen LogP contribution in [0.25, 0.3) is 0 Å². The highest BCUT2D eigenvalue weighted by molar-refractivity contribution is 7.92. The van der Waals surface area contributed by atoms with Crippen LogP contribution in [0.1, 0.15) is 6.92 Å². The van der Waals surface area contributed by atoms with Crippen molar-refractivity contribution in [2.75, 3.05) is 13.2 Å². The molecular formula is C17H13ClF3NO8S. The van der Waals surface area contributed by atoms with Gasteiger partial charge in [0, 0.05) is 12.1 Å². The number of benzene rings is 2. The number of halogens is 4. The van der Waals surface area contributed by atoms with Crippen LogP contribution in [0, 0.1) is 10.1 Å². The molecule has 0 aliphatic carbocycles. The number of rotatable bonds is 8. The Balaban J connectivity index is 2.31. The lowest BCUT2D eigenvalue weighted by Crippen LogP contribution is -2.23. The predicted octanol–water partition coefficient (Wildman–Crippen LogP) is 4.28. The number of hydrogen-bond donors (Lipinski definition) is 0. The summed E-state index contributed by atoms with van der Waals surface area (Å²) in [4.78, 5) is 20.7. The number of esters is 1. The molecule has 0 saturated carbocycles.